The topological polar surface area (TPSA) is 136 Å². The largest absolute Gasteiger partial charge is 0.392 e. The molecule has 3 atom stereocenters. The van der Waals surface area contributed by atoms with Gasteiger partial charge in [0.1, 0.15) is 17.7 Å². The molecule has 5 rings (SSSR count). The summed E-state index contributed by atoms with van der Waals surface area (Å²) in [5.74, 6) is 0.492. The number of hydrogen-bond donors (Lipinski definition) is 2. The highest BCUT2D eigenvalue weighted by Gasteiger charge is 2.33. The number of primary amides is 1. The molecule has 12 heteroatoms. The number of carbonyl (C=O) groups excluding carboxylic acids is 1. The number of carbonyl (C=O) groups is 1. The Hall–Kier alpha value is -3.47. The van der Waals surface area contributed by atoms with Gasteiger partial charge >= 0.3 is 0 Å². The van der Waals surface area contributed by atoms with E-state index in [0.29, 0.717) is 31.1 Å². The van der Waals surface area contributed by atoms with E-state index in [1.807, 2.05) is 19.9 Å². The maximum Gasteiger partial charge on any atom is 0.248 e. The molecule has 50 heavy (non-hydrogen) atoms. The van der Waals surface area contributed by atoms with Crippen molar-refractivity contribution in [1.82, 2.24) is 14.5 Å². The van der Waals surface area contributed by atoms with Crippen LogP contribution in [-0.4, -0.2) is 69.6 Å². The Morgan fingerprint density at radius 1 is 1.20 bits per heavy atom. The SMILES string of the molecule is CC.CC(C)C1CCN(Cc2nc3ccc(C(N)=O)cc3n2CC2CCO2)CC1OF.CCCOC(C)(C)C.N#Cc1ccc(CO)c(F)c1. The first-order chi connectivity index (χ1) is 23.8. The number of aliphatic hydroxyl groups excluding tert-OH is 1. The monoisotopic (exact) mass is 701 g/mol. The van der Waals surface area contributed by atoms with Gasteiger partial charge in [-0.05, 0) is 93.3 Å². The van der Waals surface area contributed by atoms with Gasteiger partial charge < -0.3 is 24.9 Å². The van der Waals surface area contributed by atoms with Crippen LogP contribution in [0.2, 0.25) is 0 Å². The third-order valence-electron chi connectivity index (χ3n) is 8.41. The van der Waals surface area contributed by atoms with Gasteiger partial charge in [0, 0.05) is 30.9 Å². The number of hydrogen-bond acceptors (Lipinski definition) is 8. The smallest absolute Gasteiger partial charge is 0.248 e. The molecule has 3 N–H and O–H groups in total. The van der Waals surface area contributed by atoms with E-state index in [9.17, 15) is 13.7 Å². The average Bonchev–Trinajstić information content (AvgIpc) is 3.41. The molecule has 278 valence electrons. The maximum atomic E-state index is 13.2. The molecule has 2 aliphatic rings. The summed E-state index contributed by atoms with van der Waals surface area (Å²) in [6.07, 6.45) is 2.74. The molecule has 2 aliphatic heterocycles. The minimum Gasteiger partial charge on any atom is -0.392 e. The number of piperidine rings is 1. The van der Waals surface area contributed by atoms with Gasteiger partial charge in [-0.15, -0.1) is 0 Å². The number of halogens is 2. The van der Waals surface area contributed by atoms with E-state index in [0.717, 1.165) is 61.9 Å². The summed E-state index contributed by atoms with van der Waals surface area (Å²) in [5.41, 5.74) is 8.15. The quantitative estimate of drug-likeness (QED) is 0.229. The lowest BCUT2D eigenvalue weighted by molar-refractivity contribution is -0.216. The van der Waals surface area contributed by atoms with Crippen molar-refractivity contribution in [1.29, 1.82) is 5.26 Å². The molecule has 10 nitrogen and oxygen atoms in total. The van der Waals surface area contributed by atoms with Gasteiger partial charge in [0.05, 0.1) is 54.1 Å². The van der Waals surface area contributed by atoms with Gasteiger partial charge in [-0.25, -0.2) is 9.37 Å². The molecular weight excluding hydrogens is 644 g/mol. The van der Waals surface area contributed by atoms with Gasteiger partial charge in [-0.3, -0.25) is 9.69 Å². The molecule has 3 aromatic rings. The van der Waals surface area contributed by atoms with Crippen molar-refractivity contribution in [3.8, 4) is 6.07 Å². The molecular formula is C38H57F2N5O5. The lowest BCUT2D eigenvalue weighted by atomic mass is 9.84. The van der Waals surface area contributed by atoms with E-state index in [1.165, 1.54) is 12.1 Å². The van der Waals surface area contributed by atoms with Crippen molar-refractivity contribution in [2.75, 3.05) is 26.3 Å². The van der Waals surface area contributed by atoms with Crippen LogP contribution in [0, 0.1) is 29.0 Å². The molecule has 2 aromatic carbocycles. The number of nitriles is 1. The second kappa shape index (κ2) is 21.0. The van der Waals surface area contributed by atoms with Crippen LogP contribution >= 0.6 is 0 Å². The molecule has 0 radical (unpaired) electrons. The molecule has 0 aliphatic carbocycles. The molecule has 2 fully saturated rings. The molecule has 3 unspecified atom stereocenters. The molecule has 3 heterocycles. The summed E-state index contributed by atoms with van der Waals surface area (Å²) >= 11 is 0. The van der Waals surface area contributed by atoms with Gasteiger partial charge in [-0.2, -0.15) is 10.2 Å². The van der Waals surface area contributed by atoms with Crippen molar-refractivity contribution < 1.29 is 33.2 Å². The van der Waals surface area contributed by atoms with Gasteiger partial charge in [0.25, 0.3) is 0 Å². The van der Waals surface area contributed by atoms with Crippen LogP contribution in [0.5, 0.6) is 0 Å². The number of imidazole rings is 1. The van der Waals surface area contributed by atoms with Gasteiger partial charge in [-0.1, -0.05) is 40.7 Å². The molecule has 1 amide bonds. The highest BCUT2D eigenvalue weighted by Crippen LogP contribution is 2.29. The number of benzene rings is 2. The van der Waals surface area contributed by atoms with Crippen molar-refractivity contribution in [3.63, 3.8) is 0 Å². The average molecular weight is 702 g/mol. The summed E-state index contributed by atoms with van der Waals surface area (Å²) in [4.78, 5) is 22.9. The number of rotatable bonds is 10. The van der Waals surface area contributed by atoms with Crippen LogP contribution in [0.15, 0.2) is 36.4 Å². The Balaban J connectivity index is 0.000000339. The summed E-state index contributed by atoms with van der Waals surface area (Å²) in [6.45, 7) is 20.6. The molecule has 0 spiro atoms. The van der Waals surface area contributed by atoms with Gasteiger partial charge in [0.2, 0.25) is 5.91 Å². The van der Waals surface area contributed by atoms with E-state index >= 15 is 0 Å². The summed E-state index contributed by atoms with van der Waals surface area (Å²) in [5, 5.41) is 16.9. The summed E-state index contributed by atoms with van der Waals surface area (Å²) in [7, 11) is 0. The highest BCUT2D eigenvalue weighted by molar-refractivity contribution is 5.96. The second-order valence-corrected chi connectivity index (χ2v) is 13.6. The summed E-state index contributed by atoms with van der Waals surface area (Å²) in [6, 6.07) is 11.1. The number of amides is 1. The van der Waals surface area contributed by atoms with Gasteiger partial charge in [0.15, 0.2) is 0 Å². The zero-order valence-electron chi connectivity index (χ0n) is 31.0. The fraction of sp³-hybridized carbons (Fsp3) is 0.605. The van der Waals surface area contributed by atoms with Crippen LogP contribution in [-0.2, 0) is 34.1 Å². The van der Waals surface area contributed by atoms with Crippen molar-refractivity contribution in [3.05, 3.63) is 64.7 Å². The Morgan fingerprint density at radius 2 is 1.90 bits per heavy atom. The Labute approximate surface area is 296 Å². The Kier molecular flexibility index (Phi) is 18.0. The third kappa shape index (κ3) is 13.0. The number of ether oxygens (including phenoxy) is 2. The fourth-order valence-electron chi connectivity index (χ4n) is 5.63. The van der Waals surface area contributed by atoms with E-state index in [2.05, 4.69) is 56.0 Å². The normalized spacial score (nSPS) is 18.8. The lowest BCUT2D eigenvalue weighted by Crippen LogP contribution is -2.46. The number of nitrogens with two attached hydrogens (primary N) is 1. The molecule has 1 aromatic heterocycles. The zero-order chi connectivity index (χ0) is 37.4. The predicted octanol–water partition coefficient (Wildman–Crippen LogP) is 7.10. The molecule has 0 bridgehead atoms. The van der Waals surface area contributed by atoms with E-state index in [4.69, 9.17) is 30.6 Å². The highest BCUT2D eigenvalue weighted by atomic mass is 19.3. The van der Waals surface area contributed by atoms with Crippen LogP contribution in [0.4, 0.5) is 8.92 Å². The van der Waals surface area contributed by atoms with E-state index in [1.54, 1.807) is 18.2 Å². The van der Waals surface area contributed by atoms with Crippen LogP contribution in [0.25, 0.3) is 11.0 Å². The number of nitrogens with zero attached hydrogens (tertiary/aromatic N) is 4. The maximum absolute atomic E-state index is 13.2. The van der Waals surface area contributed by atoms with Crippen molar-refractivity contribution in [2.45, 2.75) is 112 Å². The zero-order valence-corrected chi connectivity index (χ0v) is 31.0. The van der Waals surface area contributed by atoms with E-state index in [-0.39, 0.29) is 35.4 Å². The third-order valence-corrected chi connectivity index (χ3v) is 8.41. The minimum absolute atomic E-state index is 0.0516. The molecule has 2 saturated heterocycles. The van der Waals surface area contributed by atoms with Crippen molar-refractivity contribution in [2.24, 2.45) is 17.6 Å². The van der Waals surface area contributed by atoms with Crippen molar-refractivity contribution >= 4 is 16.9 Å². The standard InChI is InChI=1S/C21H29FN4O3.C8H6FNO.C7H16O.C2H6/c1-13(2)16-5-7-25(11-19(16)29-22)12-20-24-17-4-3-14(21(23)27)9-18(17)26(20)10-15-6-8-28-15;9-8-3-6(4-10)1-2-7(8)5-11;1-5-6-8-7(2,3)4;1-2/h3-4,9,13,15-16,19H,5-8,10-12H2,1-2H3,(H2,23,27);1-3,11H,5H2;5-6H2,1-4H3;1-2H3. The Bertz CT molecular complexity index is 1510. The summed E-state index contributed by atoms with van der Waals surface area (Å²) < 4.78 is 39.0. The number of aromatic nitrogens is 2. The minimum atomic E-state index is -0.536. The predicted molar refractivity (Wildman–Crippen MR) is 191 cm³/mol. The lowest BCUT2D eigenvalue weighted by Gasteiger charge is -2.38. The first-order valence-electron chi connectivity index (χ1n) is 17.6. The van der Waals surface area contributed by atoms with Crippen LogP contribution < -0.4 is 5.73 Å². The first kappa shape index (κ1) is 42.7. The Morgan fingerprint density at radius 3 is 2.38 bits per heavy atom. The number of likely N-dealkylation sites (tertiary alicyclic amines) is 1. The van der Waals surface area contributed by atoms with Crippen LogP contribution in [0.1, 0.15) is 102 Å². The number of aliphatic hydroxyl groups is 1. The fourth-order valence-corrected chi connectivity index (χ4v) is 5.63. The number of fused-ring (bicyclic) bond motifs is 1. The second-order valence-electron chi connectivity index (χ2n) is 13.6. The molecule has 0 saturated carbocycles. The first-order valence-corrected chi connectivity index (χ1v) is 17.6. The van der Waals surface area contributed by atoms with E-state index < -0.39 is 17.8 Å². The van der Waals surface area contributed by atoms with Crippen LogP contribution in [0.3, 0.4) is 0 Å².